The second-order valence-corrected chi connectivity index (χ2v) is 11.3. The van der Waals surface area contributed by atoms with Gasteiger partial charge in [-0.2, -0.15) is 16.9 Å². The third-order valence-corrected chi connectivity index (χ3v) is 8.50. The Morgan fingerprint density at radius 1 is 1.14 bits per heavy atom. The van der Waals surface area contributed by atoms with Crippen LogP contribution < -0.4 is 14.5 Å². The molecule has 1 saturated heterocycles. The van der Waals surface area contributed by atoms with Crippen molar-refractivity contribution in [3.63, 3.8) is 0 Å². The van der Waals surface area contributed by atoms with Gasteiger partial charge in [-0.25, -0.2) is 13.8 Å². The Labute approximate surface area is 214 Å². The van der Waals surface area contributed by atoms with Gasteiger partial charge in [0.15, 0.2) is 0 Å². The number of para-hydroxylation sites is 1. The average Bonchev–Trinajstić information content (AvgIpc) is 2.81. The summed E-state index contributed by atoms with van der Waals surface area (Å²) in [6.07, 6.45) is 1.70. The summed E-state index contributed by atoms with van der Waals surface area (Å²) in [4.78, 5) is 12.8. The fraction of sp³-hybridized carbons (Fsp3) is 0.200. The molecule has 0 spiro atoms. The third kappa shape index (κ3) is 6.36. The molecule has 1 N–H and O–H groups in total. The molecule has 0 bridgehead atoms. The van der Waals surface area contributed by atoms with Gasteiger partial charge in [0, 0.05) is 11.5 Å². The van der Waals surface area contributed by atoms with Gasteiger partial charge in [0.05, 0.1) is 21.8 Å². The Bertz CT molecular complexity index is 1330. The molecule has 182 valence electrons. The lowest BCUT2D eigenvalue weighted by atomic mass is 10.2. The number of ether oxygens (including phenoxy) is 1. The average molecular weight is 530 g/mol. The van der Waals surface area contributed by atoms with E-state index in [1.54, 1.807) is 36.4 Å². The SMILES string of the molecule is Cc1ccc(S(=O)(=O)N(CC(=O)N/N=C/c2cccc(OC3CSC3)c2)c2ccccc2Cl)cc1. The highest BCUT2D eigenvalue weighted by molar-refractivity contribution is 8.00. The lowest BCUT2D eigenvalue weighted by molar-refractivity contribution is -0.119. The van der Waals surface area contributed by atoms with E-state index in [4.69, 9.17) is 16.3 Å². The maximum Gasteiger partial charge on any atom is 0.264 e. The summed E-state index contributed by atoms with van der Waals surface area (Å²) in [5.41, 5.74) is 4.26. The van der Waals surface area contributed by atoms with E-state index >= 15 is 0 Å². The number of benzene rings is 3. The molecule has 0 aromatic heterocycles. The number of hydrazone groups is 1. The van der Waals surface area contributed by atoms with Crippen LogP contribution in [0.4, 0.5) is 5.69 Å². The summed E-state index contributed by atoms with van der Waals surface area (Å²) in [7, 11) is -4.06. The Hall–Kier alpha value is -3.01. The van der Waals surface area contributed by atoms with Crippen LogP contribution in [0.2, 0.25) is 5.02 Å². The van der Waals surface area contributed by atoms with E-state index in [0.717, 1.165) is 32.7 Å². The Balaban J connectivity index is 1.49. The van der Waals surface area contributed by atoms with Crippen LogP contribution in [-0.4, -0.2) is 44.7 Å². The number of amides is 1. The molecule has 1 amide bonds. The van der Waals surface area contributed by atoms with E-state index in [1.165, 1.54) is 18.3 Å². The monoisotopic (exact) mass is 529 g/mol. The summed E-state index contributed by atoms with van der Waals surface area (Å²) < 4.78 is 33.7. The molecule has 7 nitrogen and oxygen atoms in total. The first kappa shape index (κ1) is 25.1. The minimum atomic E-state index is -4.06. The molecule has 0 aliphatic carbocycles. The van der Waals surface area contributed by atoms with Crippen LogP contribution in [0, 0.1) is 6.92 Å². The highest BCUT2D eigenvalue weighted by Gasteiger charge is 2.28. The standard InChI is InChI=1S/C25H24ClN3O4S2/c1-18-9-11-22(12-10-18)35(31,32)29(24-8-3-2-7-23(24)26)15-25(30)28-27-14-19-5-4-6-20(13-19)33-21-16-34-17-21/h2-14,21H,15-17H2,1H3,(H,28,30)/b27-14+. The topological polar surface area (TPSA) is 88.1 Å². The van der Waals surface area contributed by atoms with Gasteiger partial charge in [-0.05, 0) is 48.9 Å². The number of carbonyl (C=O) groups excluding carboxylic acids is 1. The molecule has 3 aromatic carbocycles. The zero-order chi connectivity index (χ0) is 24.8. The van der Waals surface area contributed by atoms with Crippen LogP contribution in [0.5, 0.6) is 5.75 Å². The van der Waals surface area contributed by atoms with Crippen molar-refractivity contribution in [2.75, 3.05) is 22.4 Å². The lowest BCUT2D eigenvalue weighted by Gasteiger charge is -2.25. The number of halogens is 1. The van der Waals surface area contributed by atoms with Crippen molar-refractivity contribution in [3.05, 3.63) is 88.9 Å². The van der Waals surface area contributed by atoms with Gasteiger partial charge in [0.1, 0.15) is 18.4 Å². The van der Waals surface area contributed by atoms with Gasteiger partial charge >= 0.3 is 0 Å². The van der Waals surface area contributed by atoms with E-state index in [-0.39, 0.29) is 21.7 Å². The van der Waals surface area contributed by atoms with Crippen molar-refractivity contribution >= 4 is 51.2 Å². The summed E-state index contributed by atoms with van der Waals surface area (Å²) in [6, 6.07) is 20.2. The number of carbonyl (C=O) groups is 1. The number of sulfonamides is 1. The van der Waals surface area contributed by atoms with Crippen molar-refractivity contribution in [2.24, 2.45) is 5.10 Å². The fourth-order valence-corrected chi connectivity index (χ4v) is 5.57. The number of thioether (sulfide) groups is 1. The van der Waals surface area contributed by atoms with Crippen LogP contribution in [0.15, 0.2) is 82.8 Å². The first-order valence-corrected chi connectivity index (χ1v) is 13.8. The third-order valence-electron chi connectivity index (χ3n) is 5.19. The minimum absolute atomic E-state index is 0.0565. The molecule has 0 saturated carbocycles. The summed E-state index contributed by atoms with van der Waals surface area (Å²) >= 11 is 8.13. The molecular formula is C25H24ClN3O4S2. The summed E-state index contributed by atoms with van der Waals surface area (Å²) in [5, 5.41) is 4.20. The van der Waals surface area contributed by atoms with Gasteiger partial charge in [-0.3, -0.25) is 9.10 Å². The first-order valence-electron chi connectivity index (χ1n) is 10.8. The Morgan fingerprint density at radius 2 is 1.89 bits per heavy atom. The van der Waals surface area contributed by atoms with Crippen LogP contribution in [0.3, 0.4) is 0 Å². The van der Waals surface area contributed by atoms with Gasteiger partial charge in [-0.15, -0.1) is 0 Å². The number of hydrogen-bond donors (Lipinski definition) is 1. The number of hydrogen-bond acceptors (Lipinski definition) is 6. The molecule has 3 aromatic rings. The van der Waals surface area contributed by atoms with Gasteiger partial charge < -0.3 is 4.74 Å². The second-order valence-electron chi connectivity index (χ2n) is 7.92. The van der Waals surface area contributed by atoms with Crippen LogP contribution in [0.25, 0.3) is 0 Å². The van der Waals surface area contributed by atoms with E-state index < -0.39 is 22.5 Å². The molecular weight excluding hydrogens is 506 g/mol. The Kier molecular flexibility index (Phi) is 8.00. The fourth-order valence-electron chi connectivity index (χ4n) is 3.28. The molecule has 0 atom stereocenters. The van der Waals surface area contributed by atoms with E-state index in [9.17, 15) is 13.2 Å². The molecule has 1 heterocycles. The number of nitrogens with zero attached hydrogens (tertiary/aromatic N) is 2. The zero-order valence-electron chi connectivity index (χ0n) is 18.9. The summed E-state index contributed by atoms with van der Waals surface area (Å²) in [5.74, 6) is 2.07. The highest BCUT2D eigenvalue weighted by atomic mass is 35.5. The molecule has 4 rings (SSSR count). The summed E-state index contributed by atoms with van der Waals surface area (Å²) in [6.45, 7) is 1.36. The van der Waals surface area contributed by atoms with Crippen molar-refractivity contribution in [3.8, 4) is 5.75 Å². The maximum atomic E-state index is 13.4. The predicted octanol–water partition coefficient (Wildman–Crippen LogP) is 4.49. The van der Waals surface area contributed by atoms with Crippen molar-refractivity contribution in [2.45, 2.75) is 17.9 Å². The van der Waals surface area contributed by atoms with Crippen molar-refractivity contribution in [1.29, 1.82) is 0 Å². The molecule has 10 heteroatoms. The second kappa shape index (κ2) is 11.2. The van der Waals surface area contributed by atoms with E-state index in [0.29, 0.717) is 0 Å². The maximum absolute atomic E-state index is 13.4. The highest BCUT2D eigenvalue weighted by Crippen LogP contribution is 2.30. The zero-order valence-corrected chi connectivity index (χ0v) is 21.3. The van der Waals surface area contributed by atoms with Gasteiger partial charge in [0.2, 0.25) is 0 Å². The quantitative estimate of drug-likeness (QED) is 0.326. The van der Waals surface area contributed by atoms with Crippen LogP contribution >= 0.6 is 23.4 Å². The number of rotatable bonds is 9. The Morgan fingerprint density at radius 3 is 2.57 bits per heavy atom. The largest absolute Gasteiger partial charge is 0.489 e. The van der Waals surface area contributed by atoms with Gasteiger partial charge in [0.25, 0.3) is 15.9 Å². The predicted molar refractivity (Wildman–Crippen MR) is 141 cm³/mol. The number of aryl methyl sites for hydroxylation is 1. The molecule has 1 aliphatic rings. The normalized spacial score (nSPS) is 13.9. The lowest BCUT2D eigenvalue weighted by Crippen LogP contribution is -2.39. The molecule has 1 fully saturated rings. The number of anilines is 1. The van der Waals surface area contributed by atoms with Crippen LogP contribution in [-0.2, 0) is 14.8 Å². The van der Waals surface area contributed by atoms with Crippen molar-refractivity contribution < 1.29 is 17.9 Å². The minimum Gasteiger partial charge on any atom is -0.489 e. The molecule has 1 aliphatic heterocycles. The molecule has 0 radical (unpaired) electrons. The molecule has 0 unspecified atom stereocenters. The smallest absolute Gasteiger partial charge is 0.264 e. The van der Waals surface area contributed by atoms with Crippen molar-refractivity contribution in [1.82, 2.24) is 5.43 Å². The van der Waals surface area contributed by atoms with E-state index in [2.05, 4.69) is 10.5 Å². The van der Waals surface area contributed by atoms with E-state index in [1.807, 2.05) is 43.0 Å². The number of nitrogens with one attached hydrogen (secondary N) is 1. The van der Waals surface area contributed by atoms with Gasteiger partial charge in [-0.1, -0.05) is 53.6 Å². The molecule has 35 heavy (non-hydrogen) atoms. The first-order chi connectivity index (χ1) is 16.8. The van der Waals surface area contributed by atoms with Crippen LogP contribution in [0.1, 0.15) is 11.1 Å².